The molecule has 1 aromatic rings. The van der Waals surface area contributed by atoms with Gasteiger partial charge in [-0.1, -0.05) is 24.3 Å². The van der Waals surface area contributed by atoms with Crippen LogP contribution in [0.15, 0.2) is 24.8 Å². The molecule has 0 saturated carbocycles. The third-order valence-corrected chi connectivity index (χ3v) is 2.35. The Morgan fingerprint density at radius 2 is 2.33 bits per heavy atom. The topological polar surface area (TPSA) is 52.4 Å². The molecule has 0 fully saturated rings. The van der Waals surface area contributed by atoms with Crippen molar-refractivity contribution in [2.45, 2.75) is 6.92 Å². The summed E-state index contributed by atoms with van der Waals surface area (Å²) >= 11 is 5.91. The van der Waals surface area contributed by atoms with Gasteiger partial charge in [0, 0.05) is 11.6 Å². The average Bonchev–Trinajstić information content (AvgIpc) is 2.20. The molecule has 0 aromatic heterocycles. The lowest BCUT2D eigenvalue weighted by atomic mass is 10.2. The normalized spacial score (nSPS) is 9.73. The standard InChI is InChI=1S/C10H10ClNO3/c1-3-6-15-9-5-4-8(12(13)14)7(2)10(9)11/h3-5H,1,6H2,2H3. The van der Waals surface area contributed by atoms with Gasteiger partial charge in [-0.05, 0) is 13.0 Å². The van der Waals surface area contributed by atoms with Crippen LogP contribution < -0.4 is 4.74 Å². The number of halogens is 1. The molecule has 0 amide bonds. The molecule has 0 atom stereocenters. The molecule has 0 bridgehead atoms. The second-order valence-corrected chi connectivity index (χ2v) is 3.26. The second kappa shape index (κ2) is 4.79. The average molecular weight is 228 g/mol. The summed E-state index contributed by atoms with van der Waals surface area (Å²) in [6, 6.07) is 2.86. The number of benzene rings is 1. The van der Waals surface area contributed by atoms with Crippen molar-refractivity contribution in [3.05, 3.63) is 45.5 Å². The Kier molecular flexibility index (Phi) is 3.68. The molecule has 0 aliphatic carbocycles. The fourth-order valence-electron chi connectivity index (χ4n) is 1.11. The molecule has 0 unspecified atom stereocenters. The number of nitrogens with zero attached hydrogens (tertiary/aromatic N) is 1. The summed E-state index contributed by atoms with van der Waals surface area (Å²) in [6.07, 6.45) is 1.58. The van der Waals surface area contributed by atoms with Crippen LogP contribution in [-0.4, -0.2) is 11.5 Å². The highest BCUT2D eigenvalue weighted by atomic mass is 35.5. The van der Waals surface area contributed by atoms with Crippen molar-refractivity contribution in [2.75, 3.05) is 6.61 Å². The van der Waals surface area contributed by atoms with E-state index in [1.165, 1.54) is 12.1 Å². The molecule has 0 N–H and O–H groups in total. The summed E-state index contributed by atoms with van der Waals surface area (Å²) in [7, 11) is 0. The molecule has 80 valence electrons. The van der Waals surface area contributed by atoms with E-state index >= 15 is 0 Å². The molecule has 5 heteroatoms. The third-order valence-electron chi connectivity index (χ3n) is 1.88. The Morgan fingerprint density at radius 1 is 1.67 bits per heavy atom. The van der Waals surface area contributed by atoms with Crippen LogP contribution in [0.5, 0.6) is 5.75 Å². The number of ether oxygens (including phenoxy) is 1. The molecule has 0 radical (unpaired) electrons. The second-order valence-electron chi connectivity index (χ2n) is 2.88. The minimum atomic E-state index is -0.474. The zero-order valence-corrected chi connectivity index (χ0v) is 8.95. The highest BCUT2D eigenvalue weighted by Crippen LogP contribution is 2.33. The minimum absolute atomic E-state index is 0.00838. The van der Waals surface area contributed by atoms with Crippen molar-refractivity contribution < 1.29 is 9.66 Å². The fraction of sp³-hybridized carbons (Fsp3) is 0.200. The Morgan fingerprint density at radius 3 is 2.87 bits per heavy atom. The lowest BCUT2D eigenvalue weighted by molar-refractivity contribution is -0.385. The number of rotatable bonds is 4. The number of hydrogen-bond donors (Lipinski definition) is 0. The van der Waals surface area contributed by atoms with Crippen molar-refractivity contribution in [1.82, 2.24) is 0 Å². The first-order valence-electron chi connectivity index (χ1n) is 4.25. The molecule has 1 aromatic carbocycles. The summed E-state index contributed by atoms with van der Waals surface area (Å²) in [5.41, 5.74) is 0.397. The van der Waals surface area contributed by atoms with Crippen LogP contribution in [0.25, 0.3) is 0 Å². The van der Waals surface area contributed by atoms with Crippen molar-refractivity contribution in [3.63, 3.8) is 0 Å². The first kappa shape index (κ1) is 11.5. The first-order valence-corrected chi connectivity index (χ1v) is 4.63. The van der Waals surface area contributed by atoms with E-state index in [-0.39, 0.29) is 10.7 Å². The number of nitro groups is 1. The van der Waals surface area contributed by atoms with E-state index < -0.39 is 4.92 Å². The molecule has 0 aliphatic rings. The van der Waals surface area contributed by atoms with Gasteiger partial charge in [-0.25, -0.2) is 0 Å². The van der Waals surface area contributed by atoms with Gasteiger partial charge in [0.1, 0.15) is 12.4 Å². The predicted octanol–water partition coefficient (Wildman–Crippen LogP) is 3.12. The summed E-state index contributed by atoms with van der Waals surface area (Å²) in [5.74, 6) is 0.430. The molecule has 0 heterocycles. The Labute approximate surface area is 92.3 Å². The molecule has 15 heavy (non-hydrogen) atoms. The van der Waals surface area contributed by atoms with E-state index in [4.69, 9.17) is 16.3 Å². The van der Waals surface area contributed by atoms with E-state index in [1.54, 1.807) is 13.0 Å². The maximum Gasteiger partial charge on any atom is 0.274 e. The lowest BCUT2D eigenvalue weighted by Gasteiger charge is -2.07. The summed E-state index contributed by atoms with van der Waals surface area (Å²) in [6.45, 7) is 5.40. The van der Waals surface area contributed by atoms with Gasteiger partial charge in [-0.15, -0.1) is 0 Å². The van der Waals surface area contributed by atoms with Crippen LogP contribution in [0.4, 0.5) is 5.69 Å². The Hall–Kier alpha value is -1.55. The zero-order chi connectivity index (χ0) is 11.4. The van der Waals surface area contributed by atoms with E-state index in [9.17, 15) is 10.1 Å². The van der Waals surface area contributed by atoms with Gasteiger partial charge in [-0.3, -0.25) is 10.1 Å². The van der Waals surface area contributed by atoms with Gasteiger partial charge in [0.05, 0.1) is 9.95 Å². The van der Waals surface area contributed by atoms with Crippen molar-refractivity contribution in [1.29, 1.82) is 0 Å². The quantitative estimate of drug-likeness (QED) is 0.451. The first-order chi connectivity index (χ1) is 7.07. The van der Waals surface area contributed by atoms with Crippen LogP contribution >= 0.6 is 11.6 Å². The van der Waals surface area contributed by atoms with Crippen molar-refractivity contribution in [3.8, 4) is 5.75 Å². The van der Waals surface area contributed by atoms with Crippen LogP contribution in [0.2, 0.25) is 5.02 Å². The Bertz CT molecular complexity index is 404. The molecular weight excluding hydrogens is 218 g/mol. The molecule has 0 saturated heterocycles. The van der Waals surface area contributed by atoms with E-state index in [0.717, 1.165) is 0 Å². The van der Waals surface area contributed by atoms with E-state index in [1.807, 2.05) is 0 Å². The smallest absolute Gasteiger partial charge is 0.274 e. The number of nitro benzene ring substituents is 1. The molecular formula is C10H10ClNO3. The van der Waals surface area contributed by atoms with Gasteiger partial charge in [0.25, 0.3) is 5.69 Å². The van der Waals surface area contributed by atoms with Crippen molar-refractivity contribution >= 4 is 17.3 Å². The Balaban J connectivity index is 3.09. The monoisotopic (exact) mass is 227 g/mol. The highest BCUT2D eigenvalue weighted by molar-refractivity contribution is 6.33. The maximum atomic E-state index is 10.6. The SMILES string of the molecule is C=CCOc1ccc([N+](=O)[O-])c(C)c1Cl. The third kappa shape index (κ3) is 2.47. The largest absolute Gasteiger partial charge is 0.488 e. The molecule has 0 spiro atoms. The minimum Gasteiger partial charge on any atom is -0.488 e. The summed E-state index contributed by atoms with van der Waals surface area (Å²) < 4.78 is 5.23. The molecule has 1 rings (SSSR count). The highest BCUT2D eigenvalue weighted by Gasteiger charge is 2.16. The fourth-order valence-corrected chi connectivity index (χ4v) is 1.32. The van der Waals surface area contributed by atoms with Crippen LogP contribution in [-0.2, 0) is 0 Å². The van der Waals surface area contributed by atoms with Gasteiger partial charge < -0.3 is 4.74 Å². The lowest BCUT2D eigenvalue weighted by Crippen LogP contribution is -1.97. The maximum absolute atomic E-state index is 10.6. The van der Waals surface area contributed by atoms with Gasteiger partial charge in [-0.2, -0.15) is 0 Å². The van der Waals surface area contributed by atoms with E-state index in [2.05, 4.69) is 6.58 Å². The molecule has 4 nitrogen and oxygen atoms in total. The van der Waals surface area contributed by atoms with Crippen LogP contribution in [0.3, 0.4) is 0 Å². The van der Waals surface area contributed by atoms with Crippen LogP contribution in [0, 0.1) is 17.0 Å². The van der Waals surface area contributed by atoms with E-state index in [0.29, 0.717) is 17.9 Å². The predicted molar refractivity (Wildman–Crippen MR) is 58.5 cm³/mol. The van der Waals surface area contributed by atoms with Gasteiger partial charge >= 0.3 is 0 Å². The summed E-state index contributed by atoms with van der Waals surface area (Å²) in [5, 5.41) is 10.9. The zero-order valence-electron chi connectivity index (χ0n) is 8.20. The van der Waals surface area contributed by atoms with Crippen LogP contribution in [0.1, 0.15) is 5.56 Å². The summed E-state index contributed by atoms with van der Waals surface area (Å²) in [4.78, 5) is 10.1. The molecule has 0 aliphatic heterocycles. The number of hydrogen-bond acceptors (Lipinski definition) is 3. The van der Waals surface area contributed by atoms with Gasteiger partial charge in [0.15, 0.2) is 0 Å². The van der Waals surface area contributed by atoms with Crippen molar-refractivity contribution in [2.24, 2.45) is 0 Å². The van der Waals surface area contributed by atoms with Gasteiger partial charge in [0.2, 0.25) is 0 Å².